The van der Waals surface area contributed by atoms with Crippen LogP contribution in [0.25, 0.3) is 0 Å². The van der Waals surface area contributed by atoms with Gasteiger partial charge in [0.2, 0.25) is 0 Å². The fraction of sp³-hybridized carbons (Fsp3) is 0.533. The molecule has 102 valence electrons. The highest BCUT2D eigenvalue weighted by molar-refractivity contribution is 5.73. The highest BCUT2D eigenvalue weighted by Crippen LogP contribution is 2.43. The molecule has 4 nitrogen and oxygen atoms in total. The number of carboxylic acid groups (broad SMARTS) is 1. The van der Waals surface area contributed by atoms with Gasteiger partial charge in [-0.3, -0.25) is 4.79 Å². The van der Waals surface area contributed by atoms with Crippen LogP contribution in [-0.2, 0) is 21.4 Å². The number of hydrogen-bond donors (Lipinski definition) is 1. The molecule has 3 rings (SSSR count). The molecule has 1 atom stereocenters. The van der Waals surface area contributed by atoms with Crippen LogP contribution >= 0.6 is 0 Å². The molecule has 19 heavy (non-hydrogen) atoms. The molecule has 1 aromatic rings. The maximum Gasteiger partial charge on any atom is 0.307 e. The van der Waals surface area contributed by atoms with Gasteiger partial charge in [0.05, 0.1) is 31.2 Å². The van der Waals surface area contributed by atoms with Crippen molar-refractivity contribution in [2.45, 2.75) is 25.2 Å². The summed E-state index contributed by atoms with van der Waals surface area (Å²) in [6.45, 7) is 3.64. The van der Waals surface area contributed by atoms with E-state index >= 15 is 0 Å². The number of hydrogen-bond acceptors (Lipinski definition) is 3. The van der Waals surface area contributed by atoms with E-state index in [1.807, 2.05) is 19.1 Å². The second-order valence-corrected chi connectivity index (χ2v) is 5.37. The average Bonchev–Trinajstić information content (AvgIpc) is 2.79. The molecule has 1 aromatic carbocycles. The normalized spacial score (nSPS) is 21.1. The molecular weight excluding hydrogens is 244 g/mol. The lowest BCUT2D eigenvalue weighted by molar-refractivity contribution is -0.157. The van der Waals surface area contributed by atoms with Crippen molar-refractivity contribution >= 4 is 5.97 Å². The number of carbonyl (C=O) groups is 1. The van der Waals surface area contributed by atoms with E-state index in [2.05, 4.69) is 6.07 Å². The van der Waals surface area contributed by atoms with Crippen molar-refractivity contribution in [3.63, 3.8) is 0 Å². The Kier molecular flexibility index (Phi) is 2.97. The second-order valence-electron chi connectivity index (χ2n) is 5.37. The van der Waals surface area contributed by atoms with Crippen molar-refractivity contribution in [2.75, 3.05) is 19.8 Å². The number of ether oxygens (including phenoxy) is 2. The second kappa shape index (κ2) is 4.53. The monoisotopic (exact) mass is 262 g/mol. The summed E-state index contributed by atoms with van der Waals surface area (Å²) in [6, 6.07) is 6.07. The van der Waals surface area contributed by atoms with Crippen molar-refractivity contribution in [3.05, 3.63) is 29.3 Å². The third kappa shape index (κ3) is 1.82. The van der Waals surface area contributed by atoms with E-state index in [4.69, 9.17) is 9.47 Å². The van der Waals surface area contributed by atoms with Crippen molar-refractivity contribution in [1.29, 1.82) is 0 Å². The maximum atomic E-state index is 11.5. The zero-order valence-corrected chi connectivity index (χ0v) is 11.0. The standard InChI is InChI=1S/C15H18O4/c1-2-12(14(16)17)15(8-18-9-15)11-3-4-13-10(7-11)5-6-19-13/h3-4,7,12H,2,5-6,8-9H2,1H3,(H,16,17). The zero-order chi connectivity index (χ0) is 13.5. The molecule has 0 saturated carbocycles. The Bertz CT molecular complexity index is 505. The minimum Gasteiger partial charge on any atom is -0.493 e. The van der Waals surface area contributed by atoms with Gasteiger partial charge >= 0.3 is 5.97 Å². The third-order valence-corrected chi connectivity index (χ3v) is 4.36. The Morgan fingerprint density at radius 2 is 2.26 bits per heavy atom. The third-order valence-electron chi connectivity index (χ3n) is 4.36. The summed E-state index contributed by atoms with van der Waals surface area (Å²) < 4.78 is 10.9. The van der Waals surface area contributed by atoms with Crippen LogP contribution in [0.2, 0.25) is 0 Å². The smallest absolute Gasteiger partial charge is 0.307 e. The highest BCUT2D eigenvalue weighted by Gasteiger charge is 2.49. The van der Waals surface area contributed by atoms with E-state index in [1.165, 1.54) is 5.56 Å². The van der Waals surface area contributed by atoms with E-state index in [0.29, 0.717) is 19.6 Å². The van der Waals surface area contributed by atoms with Crippen molar-refractivity contribution in [1.82, 2.24) is 0 Å². The largest absolute Gasteiger partial charge is 0.493 e. The van der Waals surface area contributed by atoms with Crippen LogP contribution in [0.4, 0.5) is 0 Å². The molecule has 0 aliphatic carbocycles. The van der Waals surface area contributed by atoms with Gasteiger partial charge in [-0.25, -0.2) is 0 Å². The molecule has 4 heteroatoms. The van der Waals surface area contributed by atoms with Crippen LogP contribution < -0.4 is 4.74 Å². The molecule has 0 radical (unpaired) electrons. The summed E-state index contributed by atoms with van der Waals surface area (Å²) in [5.74, 6) is -0.188. The van der Waals surface area contributed by atoms with Gasteiger partial charge in [0.15, 0.2) is 0 Å². The molecule has 2 aliphatic heterocycles. The first-order valence-corrected chi connectivity index (χ1v) is 6.74. The van der Waals surface area contributed by atoms with Gasteiger partial charge in [-0.05, 0) is 23.6 Å². The van der Waals surface area contributed by atoms with Gasteiger partial charge in [-0.15, -0.1) is 0 Å². The molecule has 2 aliphatic rings. The molecule has 0 amide bonds. The molecule has 2 heterocycles. The van der Waals surface area contributed by atoms with Crippen LogP contribution in [0.15, 0.2) is 18.2 Å². The van der Waals surface area contributed by atoms with Crippen LogP contribution in [0.5, 0.6) is 5.75 Å². The zero-order valence-electron chi connectivity index (χ0n) is 11.0. The van der Waals surface area contributed by atoms with Gasteiger partial charge in [-0.2, -0.15) is 0 Å². The summed E-state index contributed by atoms with van der Waals surface area (Å²) in [4.78, 5) is 11.5. The number of aliphatic carboxylic acids is 1. The van der Waals surface area contributed by atoms with Crippen molar-refractivity contribution in [3.8, 4) is 5.75 Å². The Morgan fingerprint density at radius 3 is 2.84 bits per heavy atom. The first kappa shape index (κ1) is 12.5. The van der Waals surface area contributed by atoms with Gasteiger partial charge in [0.1, 0.15) is 5.75 Å². The van der Waals surface area contributed by atoms with Crippen molar-refractivity contribution < 1.29 is 19.4 Å². The fourth-order valence-corrected chi connectivity index (χ4v) is 3.19. The summed E-state index contributed by atoms with van der Waals surface area (Å²) >= 11 is 0. The van der Waals surface area contributed by atoms with Gasteiger partial charge in [0.25, 0.3) is 0 Å². The summed E-state index contributed by atoms with van der Waals surface area (Å²) in [5, 5.41) is 9.45. The van der Waals surface area contributed by atoms with E-state index in [9.17, 15) is 9.90 Å². The predicted molar refractivity (Wildman–Crippen MR) is 69.6 cm³/mol. The van der Waals surface area contributed by atoms with Gasteiger partial charge in [0, 0.05) is 6.42 Å². The van der Waals surface area contributed by atoms with Gasteiger partial charge in [-0.1, -0.05) is 19.1 Å². The SMILES string of the molecule is CCC(C(=O)O)C1(c2ccc3c(c2)CCO3)COC1. The van der Waals surface area contributed by atoms with Crippen LogP contribution in [0.1, 0.15) is 24.5 Å². The first-order chi connectivity index (χ1) is 9.17. The Hall–Kier alpha value is -1.55. The Balaban J connectivity index is 2.00. The maximum absolute atomic E-state index is 11.5. The molecule has 0 bridgehead atoms. The van der Waals surface area contributed by atoms with Crippen LogP contribution in [0.3, 0.4) is 0 Å². The lowest BCUT2D eigenvalue weighted by Crippen LogP contribution is -2.54. The summed E-state index contributed by atoms with van der Waals surface area (Å²) in [5.41, 5.74) is 1.90. The molecule has 0 spiro atoms. The fourth-order valence-electron chi connectivity index (χ4n) is 3.19. The molecule has 1 fully saturated rings. The minimum absolute atomic E-state index is 0.363. The van der Waals surface area contributed by atoms with E-state index in [0.717, 1.165) is 24.3 Å². The van der Waals surface area contributed by atoms with Gasteiger partial charge < -0.3 is 14.6 Å². The number of carboxylic acids is 1. The molecule has 0 aromatic heterocycles. The molecule has 1 unspecified atom stereocenters. The Labute approximate surface area is 112 Å². The Morgan fingerprint density at radius 1 is 1.47 bits per heavy atom. The summed E-state index contributed by atoms with van der Waals surface area (Å²) in [6.07, 6.45) is 1.52. The lowest BCUT2D eigenvalue weighted by atomic mass is 9.67. The number of fused-ring (bicyclic) bond motifs is 1. The van der Waals surface area contributed by atoms with Crippen molar-refractivity contribution in [2.24, 2.45) is 5.92 Å². The van der Waals surface area contributed by atoms with E-state index in [-0.39, 0.29) is 11.3 Å². The number of benzene rings is 1. The highest BCUT2D eigenvalue weighted by atomic mass is 16.5. The predicted octanol–water partition coefficient (Wildman–Crippen LogP) is 2.00. The van der Waals surface area contributed by atoms with E-state index in [1.54, 1.807) is 0 Å². The van der Waals surface area contributed by atoms with E-state index < -0.39 is 5.97 Å². The first-order valence-electron chi connectivity index (χ1n) is 6.74. The molecule has 1 N–H and O–H groups in total. The lowest BCUT2D eigenvalue weighted by Gasteiger charge is -2.46. The number of rotatable bonds is 4. The average molecular weight is 262 g/mol. The summed E-state index contributed by atoms with van der Waals surface area (Å²) in [7, 11) is 0. The van der Waals surface area contributed by atoms with Crippen LogP contribution in [-0.4, -0.2) is 30.9 Å². The minimum atomic E-state index is -0.734. The quantitative estimate of drug-likeness (QED) is 0.901. The topological polar surface area (TPSA) is 55.8 Å². The molecule has 1 saturated heterocycles. The molecular formula is C15H18O4. The van der Waals surface area contributed by atoms with Crippen LogP contribution in [0, 0.1) is 5.92 Å².